The second-order valence-electron chi connectivity index (χ2n) is 6.98. The van der Waals surface area contributed by atoms with E-state index in [4.69, 9.17) is 21.3 Å². The number of aryl methyl sites for hydroxylation is 1. The number of nitrogens with zero attached hydrogens (tertiary/aromatic N) is 2. The number of halogens is 1. The third-order valence-electron chi connectivity index (χ3n) is 4.85. The van der Waals surface area contributed by atoms with Gasteiger partial charge in [-0.15, -0.1) is 0 Å². The van der Waals surface area contributed by atoms with Crippen molar-refractivity contribution >= 4 is 28.5 Å². The summed E-state index contributed by atoms with van der Waals surface area (Å²) in [4.78, 5) is 16.1. The number of fused-ring (bicyclic) bond motifs is 1. The number of hydrogen-bond donors (Lipinski definition) is 1. The van der Waals surface area contributed by atoms with Gasteiger partial charge in [0.25, 0.3) is 0 Å². The number of carbonyl (C=O) groups is 1. The molecule has 0 radical (unpaired) electrons. The number of unbranched alkanes of at least 4 members (excludes halogenated alkanes) is 2. The normalized spacial score (nSPS) is 11.0. The van der Waals surface area contributed by atoms with Gasteiger partial charge in [-0.2, -0.15) is 0 Å². The summed E-state index contributed by atoms with van der Waals surface area (Å²) >= 11 is 5.93. The Kier molecular flexibility index (Phi) is 7.94. The van der Waals surface area contributed by atoms with Gasteiger partial charge >= 0.3 is 0 Å². The zero-order chi connectivity index (χ0) is 20.5. The fourth-order valence-electron chi connectivity index (χ4n) is 3.29. The molecule has 0 unspecified atom stereocenters. The van der Waals surface area contributed by atoms with Crippen molar-refractivity contribution in [3.63, 3.8) is 0 Å². The van der Waals surface area contributed by atoms with Crippen LogP contribution >= 0.6 is 11.6 Å². The first kappa shape index (κ1) is 21.2. The summed E-state index contributed by atoms with van der Waals surface area (Å²) < 4.78 is 8.14. The molecule has 0 aliphatic rings. The molecule has 0 fully saturated rings. The van der Waals surface area contributed by atoms with E-state index in [1.807, 2.05) is 43.3 Å². The zero-order valence-corrected chi connectivity index (χ0v) is 17.6. The molecule has 3 rings (SSSR count). The number of aromatic nitrogens is 2. The molecule has 0 atom stereocenters. The maximum atomic E-state index is 11.3. The van der Waals surface area contributed by atoms with Crippen molar-refractivity contribution in [3.8, 4) is 5.75 Å². The van der Waals surface area contributed by atoms with Gasteiger partial charge in [0.15, 0.2) is 0 Å². The number of nitrogens with one attached hydrogen (secondary N) is 1. The first-order valence-electron chi connectivity index (χ1n) is 10.3. The smallest absolute Gasteiger partial charge is 0.219 e. The Labute approximate surface area is 177 Å². The molecule has 0 bridgehead atoms. The van der Waals surface area contributed by atoms with Gasteiger partial charge in [0, 0.05) is 24.4 Å². The van der Waals surface area contributed by atoms with Gasteiger partial charge in [0.2, 0.25) is 5.91 Å². The van der Waals surface area contributed by atoms with Crippen LogP contribution in [0.2, 0.25) is 5.02 Å². The number of amides is 1. The molecule has 0 aliphatic heterocycles. The summed E-state index contributed by atoms with van der Waals surface area (Å²) in [6, 6.07) is 15.6. The maximum Gasteiger partial charge on any atom is 0.219 e. The predicted molar refractivity (Wildman–Crippen MR) is 118 cm³/mol. The SMILES string of the molecule is CCC(=O)NCCCCCc1nc2ccccc2n1CCOc1ccc(Cl)cc1. The number of para-hydroxylation sites is 2. The van der Waals surface area contributed by atoms with E-state index < -0.39 is 0 Å². The van der Waals surface area contributed by atoms with Crippen LogP contribution in [0.25, 0.3) is 11.0 Å². The average molecular weight is 414 g/mol. The van der Waals surface area contributed by atoms with Crippen molar-refractivity contribution in [2.24, 2.45) is 0 Å². The fraction of sp³-hybridized carbons (Fsp3) is 0.391. The maximum absolute atomic E-state index is 11.3. The molecule has 2 aromatic carbocycles. The van der Waals surface area contributed by atoms with Crippen LogP contribution in [-0.2, 0) is 17.8 Å². The van der Waals surface area contributed by atoms with Crippen molar-refractivity contribution in [2.45, 2.75) is 45.6 Å². The Morgan fingerprint density at radius 2 is 1.90 bits per heavy atom. The molecule has 5 nitrogen and oxygen atoms in total. The molecule has 1 aromatic heterocycles. The van der Waals surface area contributed by atoms with Crippen molar-refractivity contribution in [1.29, 1.82) is 0 Å². The van der Waals surface area contributed by atoms with Crippen LogP contribution in [0.4, 0.5) is 0 Å². The molecule has 1 N–H and O–H groups in total. The minimum atomic E-state index is 0.118. The molecule has 0 saturated carbocycles. The van der Waals surface area contributed by atoms with E-state index in [1.165, 1.54) is 0 Å². The summed E-state index contributed by atoms with van der Waals surface area (Å²) in [5.41, 5.74) is 2.15. The molecule has 0 aliphatic carbocycles. The second-order valence-corrected chi connectivity index (χ2v) is 7.42. The predicted octanol–water partition coefficient (Wildman–Crippen LogP) is 5.01. The lowest BCUT2D eigenvalue weighted by molar-refractivity contribution is -0.120. The molecule has 3 aromatic rings. The highest BCUT2D eigenvalue weighted by Crippen LogP contribution is 2.19. The molecule has 0 saturated heterocycles. The third kappa shape index (κ3) is 6.23. The summed E-state index contributed by atoms with van der Waals surface area (Å²) in [6.07, 6.45) is 4.56. The number of rotatable bonds is 11. The number of ether oxygens (including phenoxy) is 1. The van der Waals surface area contributed by atoms with Crippen LogP contribution in [-0.4, -0.2) is 28.6 Å². The first-order chi connectivity index (χ1) is 14.2. The highest BCUT2D eigenvalue weighted by atomic mass is 35.5. The summed E-state index contributed by atoms with van der Waals surface area (Å²) in [5, 5.41) is 3.63. The van der Waals surface area contributed by atoms with Crippen LogP contribution in [0.5, 0.6) is 5.75 Å². The summed E-state index contributed by atoms with van der Waals surface area (Å²) in [5.74, 6) is 2.02. The van der Waals surface area contributed by atoms with E-state index in [1.54, 1.807) is 0 Å². The second kappa shape index (κ2) is 10.9. The molecule has 0 spiro atoms. The van der Waals surface area contributed by atoms with Crippen LogP contribution in [0.3, 0.4) is 0 Å². The van der Waals surface area contributed by atoms with Gasteiger partial charge in [-0.3, -0.25) is 4.79 Å². The summed E-state index contributed by atoms with van der Waals surface area (Å²) in [7, 11) is 0. The molecular formula is C23H28ClN3O2. The fourth-order valence-corrected chi connectivity index (χ4v) is 3.42. The van der Waals surface area contributed by atoms with Crippen LogP contribution < -0.4 is 10.1 Å². The van der Waals surface area contributed by atoms with Gasteiger partial charge < -0.3 is 14.6 Å². The van der Waals surface area contributed by atoms with Crippen molar-refractivity contribution in [1.82, 2.24) is 14.9 Å². The van der Waals surface area contributed by atoms with E-state index >= 15 is 0 Å². The van der Waals surface area contributed by atoms with Crippen LogP contribution in [0.1, 0.15) is 38.4 Å². The molecule has 154 valence electrons. The molecule has 29 heavy (non-hydrogen) atoms. The Morgan fingerprint density at radius 3 is 2.69 bits per heavy atom. The van der Waals surface area contributed by atoms with Crippen LogP contribution in [0, 0.1) is 0 Å². The minimum Gasteiger partial charge on any atom is -0.492 e. The topological polar surface area (TPSA) is 56.2 Å². The Hall–Kier alpha value is -2.53. The van der Waals surface area contributed by atoms with Crippen molar-refractivity contribution in [3.05, 3.63) is 59.4 Å². The lowest BCUT2D eigenvalue weighted by Gasteiger charge is -2.11. The lowest BCUT2D eigenvalue weighted by atomic mass is 10.2. The Balaban J connectivity index is 1.55. The highest BCUT2D eigenvalue weighted by molar-refractivity contribution is 6.30. The number of carbonyl (C=O) groups excluding carboxylic acids is 1. The highest BCUT2D eigenvalue weighted by Gasteiger charge is 2.10. The Bertz CT molecular complexity index is 922. The van der Waals surface area contributed by atoms with E-state index in [2.05, 4.69) is 22.0 Å². The van der Waals surface area contributed by atoms with Gasteiger partial charge in [-0.05, 0) is 49.2 Å². The Morgan fingerprint density at radius 1 is 1.10 bits per heavy atom. The minimum absolute atomic E-state index is 0.118. The van der Waals surface area contributed by atoms with Gasteiger partial charge in [-0.25, -0.2) is 4.98 Å². The summed E-state index contributed by atoms with van der Waals surface area (Å²) in [6.45, 7) is 3.93. The van der Waals surface area contributed by atoms with E-state index in [0.717, 1.165) is 61.4 Å². The largest absolute Gasteiger partial charge is 0.492 e. The molecular weight excluding hydrogens is 386 g/mol. The third-order valence-corrected chi connectivity index (χ3v) is 5.10. The first-order valence-corrected chi connectivity index (χ1v) is 10.6. The molecule has 1 amide bonds. The lowest BCUT2D eigenvalue weighted by Crippen LogP contribution is -2.23. The van der Waals surface area contributed by atoms with E-state index in [9.17, 15) is 4.79 Å². The number of imidazole rings is 1. The van der Waals surface area contributed by atoms with Gasteiger partial charge in [-0.1, -0.05) is 37.1 Å². The van der Waals surface area contributed by atoms with Crippen LogP contribution in [0.15, 0.2) is 48.5 Å². The van der Waals surface area contributed by atoms with Gasteiger partial charge in [0.1, 0.15) is 18.2 Å². The monoisotopic (exact) mass is 413 g/mol. The molecule has 1 heterocycles. The zero-order valence-electron chi connectivity index (χ0n) is 16.9. The standard InChI is InChI=1S/C23H28ClN3O2/c1-2-23(28)25-15-7-3-4-10-22-26-20-8-5-6-9-21(20)27(22)16-17-29-19-13-11-18(24)12-14-19/h5-6,8-9,11-14H,2-4,7,10,15-17H2,1H3,(H,25,28). The van der Waals surface area contributed by atoms with Gasteiger partial charge in [0.05, 0.1) is 17.6 Å². The number of benzene rings is 2. The average Bonchev–Trinajstić information content (AvgIpc) is 3.09. The van der Waals surface area contributed by atoms with E-state index in [0.29, 0.717) is 18.1 Å². The quantitative estimate of drug-likeness (QED) is 0.449. The van der Waals surface area contributed by atoms with Crippen molar-refractivity contribution < 1.29 is 9.53 Å². The van der Waals surface area contributed by atoms with Crippen molar-refractivity contribution in [2.75, 3.05) is 13.2 Å². The number of hydrogen-bond acceptors (Lipinski definition) is 3. The van der Waals surface area contributed by atoms with E-state index in [-0.39, 0.29) is 5.91 Å². The molecule has 6 heteroatoms.